The van der Waals surface area contributed by atoms with E-state index >= 15 is 0 Å². The van der Waals surface area contributed by atoms with E-state index in [0.717, 1.165) is 11.3 Å². The van der Waals surface area contributed by atoms with Gasteiger partial charge < -0.3 is 10.1 Å². The maximum atomic E-state index is 12.9. The molecule has 1 aromatic carbocycles. The maximum Gasteiger partial charge on any atom is 0.266 e. The van der Waals surface area contributed by atoms with Gasteiger partial charge in [-0.3, -0.25) is 14.6 Å². The minimum absolute atomic E-state index is 0.246. The Hall–Kier alpha value is -3.72. The van der Waals surface area contributed by atoms with Crippen LogP contribution in [0.5, 0.6) is 5.75 Å². The molecule has 9 heteroatoms. The molecule has 3 heterocycles. The molecule has 2 N–H and O–H groups in total. The number of thiophene rings is 1. The number of carbonyl (C=O) groups excluding carboxylic acids is 1. The molecule has 4 rings (SSSR count). The van der Waals surface area contributed by atoms with Crippen LogP contribution in [0.25, 0.3) is 16.5 Å². The first kappa shape index (κ1) is 21.5. The Bertz CT molecular complexity index is 1250. The lowest BCUT2D eigenvalue weighted by Gasteiger charge is -2.15. The summed E-state index contributed by atoms with van der Waals surface area (Å²) in [6.45, 7) is 3.69. The van der Waals surface area contributed by atoms with Gasteiger partial charge in [0.1, 0.15) is 17.3 Å². The molecular weight excluding hydrogens is 426 g/mol. The van der Waals surface area contributed by atoms with E-state index in [-0.39, 0.29) is 17.4 Å². The van der Waals surface area contributed by atoms with Crippen LogP contribution in [0.1, 0.15) is 26.0 Å². The van der Waals surface area contributed by atoms with E-state index < -0.39 is 6.10 Å². The number of para-hydroxylation sites is 1. The first-order valence-corrected chi connectivity index (χ1v) is 11.2. The number of aromatic amines is 1. The fourth-order valence-corrected chi connectivity index (χ4v) is 3.82. The van der Waals surface area contributed by atoms with Gasteiger partial charge in [0.05, 0.1) is 4.88 Å². The first-order chi connectivity index (χ1) is 15.5. The quantitative estimate of drug-likeness (QED) is 0.423. The van der Waals surface area contributed by atoms with Crippen molar-refractivity contribution in [1.29, 1.82) is 0 Å². The standard InChI is InChI=1S/C23H23N5O3S/c1-3-8-16-13-21(29)26-23(24-16)28-20(14-18(27-28)19-11-7-12-32-19)25-22(30)15(2)31-17-9-5-4-6-10-17/h4-7,9-15H,3,8H2,1-2H3,(H,25,30)(H,24,26,29). The van der Waals surface area contributed by atoms with Crippen molar-refractivity contribution in [3.63, 3.8) is 0 Å². The molecule has 0 aliphatic heterocycles. The summed E-state index contributed by atoms with van der Waals surface area (Å²) < 4.78 is 7.18. The minimum atomic E-state index is -0.746. The van der Waals surface area contributed by atoms with Gasteiger partial charge in [-0.1, -0.05) is 37.6 Å². The number of carbonyl (C=O) groups is 1. The summed E-state index contributed by atoms with van der Waals surface area (Å²) >= 11 is 1.53. The van der Waals surface area contributed by atoms with Crippen LogP contribution >= 0.6 is 11.3 Å². The number of H-pyrrole nitrogens is 1. The molecule has 164 valence electrons. The average Bonchev–Trinajstić information content (AvgIpc) is 3.44. The Morgan fingerprint density at radius 3 is 2.75 bits per heavy atom. The Balaban J connectivity index is 1.66. The summed E-state index contributed by atoms with van der Waals surface area (Å²) in [6.07, 6.45) is 0.775. The number of benzene rings is 1. The van der Waals surface area contributed by atoms with E-state index in [0.29, 0.717) is 29.4 Å². The van der Waals surface area contributed by atoms with Gasteiger partial charge in [-0.25, -0.2) is 4.98 Å². The van der Waals surface area contributed by atoms with Crippen molar-refractivity contribution >= 4 is 23.1 Å². The third-order valence-electron chi connectivity index (χ3n) is 4.65. The number of nitrogens with zero attached hydrogens (tertiary/aromatic N) is 3. The van der Waals surface area contributed by atoms with Gasteiger partial charge >= 0.3 is 0 Å². The number of ether oxygens (including phenoxy) is 1. The van der Waals surface area contributed by atoms with Crippen LogP contribution in [0, 0.1) is 0 Å². The Morgan fingerprint density at radius 2 is 2.03 bits per heavy atom. The number of rotatable bonds is 8. The van der Waals surface area contributed by atoms with Crippen LogP contribution in [-0.2, 0) is 11.2 Å². The van der Waals surface area contributed by atoms with Gasteiger partial charge in [0.15, 0.2) is 6.10 Å². The summed E-state index contributed by atoms with van der Waals surface area (Å²) in [6, 6.07) is 16.2. The summed E-state index contributed by atoms with van der Waals surface area (Å²) in [4.78, 5) is 33.2. The largest absolute Gasteiger partial charge is 0.481 e. The van der Waals surface area contributed by atoms with E-state index in [4.69, 9.17) is 4.74 Å². The smallest absolute Gasteiger partial charge is 0.266 e. The second kappa shape index (κ2) is 9.61. The highest BCUT2D eigenvalue weighted by Gasteiger charge is 2.20. The number of nitrogens with one attached hydrogen (secondary N) is 2. The molecule has 0 bridgehead atoms. The zero-order chi connectivity index (χ0) is 22.5. The first-order valence-electron chi connectivity index (χ1n) is 10.3. The Kier molecular flexibility index (Phi) is 6.46. The van der Waals surface area contributed by atoms with Crippen LogP contribution in [0.2, 0.25) is 0 Å². The van der Waals surface area contributed by atoms with Gasteiger partial charge in [-0.15, -0.1) is 11.3 Å². The highest BCUT2D eigenvalue weighted by Crippen LogP contribution is 2.27. The summed E-state index contributed by atoms with van der Waals surface area (Å²) in [5.41, 5.74) is 1.05. The number of amides is 1. The van der Waals surface area contributed by atoms with Gasteiger partial charge in [0.2, 0.25) is 5.95 Å². The maximum absolute atomic E-state index is 12.9. The fraction of sp³-hybridized carbons (Fsp3) is 0.217. The van der Waals surface area contributed by atoms with Gasteiger partial charge in [-0.2, -0.15) is 9.78 Å². The lowest BCUT2D eigenvalue weighted by atomic mass is 10.2. The molecule has 0 aliphatic rings. The second-order valence-electron chi connectivity index (χ2n) is 7.18. The van der Waals surface area contributed by atoms with Crippen molar-refractivity contribution in [1.82, 2.24) is 19.7 Å². The molecule has 0 aliphatic carbocycles. The van der Waals surface area contributed by atoms with Crippen LogP contribution < -0.4 is 15.6 Å². The number of hydrogen-bond donors (Lipinski definition) is 2. The van der Waals surface area contributed by atoms with E-state index in [9.17, 15) is 9.59 Å². The van der Waals surface area contributed by atoms with Gasteiger partial charge in [0.25, 0.3) is 11.5 Å². The molecule has 8 nitrogen and oxygen atoms in total. The highest BCUT2D eigenvalue weighted by molar-refractivity contribution is 7.13. The lowest BCUT2D eigenvalue weighted by Crippen LogP contribution is -2.31. The zero-order valence-corrected chi connectivity index (χ0v) is 18.6. The van der Waals surface area contributed by atoms with Gasteiger partial charge in [0, 0.05) is 17.8 Å². The molecule has 32 heavy (non-hydrogen) atoms. The molecule has 1 unspecified atom stereocenters. The summed E-state index contributed by atoms with van der Waals surface area (Å²) in [7, 11) is 0. The topological polar surface area (TPSA) is 102 Å². The van der Waals surface area contributed by atoms with Crippen LogP contribution in [0.4, 0.5) is 5.82 Å². The molecule has 0 radical (unpaired) electrons. The third-order valence-corrected chi connectivity index (χ3v) is 5.54. The fourth-order valence-electron chi connectivity index (χ4n) is 3.14. The van der Waals surface area contributed by atoms with E-state index in [1.54, 1.807) is 25.1 Å². The number of anilines is 1. The second-order valence-corrected chi connectivity index (χ2v) is 8.12. The van der Waals surface area contributed by atoms with Crippen molar-refractivity contribution in [3.05, 3.63) is 76.0 Å². The predicted molar refractivity (Wildman–Crippen MR) is 124 cm³/mol. The average molecular weight is 450 g/mol. The number of aromatic nitrogens is 4. The SMILES string of the molecule is CCCc1cc(=O)[nH]c(-n2nc(-c3cccs3)cc2NC(=O)C(C)Oc2ccccc2)n1. The zero-order valence-electron chi connectivity index (χ0n) is 17.7. The molecule has 0 spiro atoms. The molecule has 1 amide bonds. The molecule has 1 atom stereocenters. The summed E-state index contributed by atoms with van der Waals surface area (Å²) in [5, 5.41) is 9.41. The Labute approximate surface area is 188 Å². The lowest BCUT2D eigenvalue weighted by molar-refractivity contribution is -0.122. The van der Waals surface area contributed by atoms with Crippen molar-refractivity contribution in [3.8, 4) is 22.3 Å². The highest BCUT2D eigenvalue weighted by atomic mass is 32.1. The Morgan fingerprint density at radius 1 is 1.22 bits per heavy atom. The van der Waals surface area contributed by atoms with Gasteiger partial charge in [-0.05, 0) is 36.9 Å². The monoisotopic (exact) mass is 449 g/mol. The van der Waals surface area contributed by atoms with Crippen LogP contribution in [0.3, 0.4) is 0 Å². The summed E-state index contributed by atoms with van der Waals surface area (Å²) in [5.74, 6) is 0.885. The molecular formula is C23H23N5O3S. The van der Waals surface area contributed by atoms with E-state index in [2.05, 4.69) is 20.4 Å². The van der Waals surface area contributed by atoms with Crippen molar-refractivity contribution < 1.29 is 9.53 Å². The molecule has 0 fully saturated rings. The van der Waals surface area contributed by atoms with E-state index in [1.165, 1.54) is 22.1 Å². The van der Waals surface area contributed by atoms with Crippen LogP contribution in [-0.4, -0.2) is 31.8 Å². The van der Waals surface area contributed by atoms with Crippen molar-refractivity contribution in [2.45, 2.75) is 32.8 Å². The minimum Gasteiger partial charge on any atom is -0.481 e. The van der Waals surface area contributed by atoms with Crippen molar-refractivity contribution in [2.24, 2.45) is 0 Å². The predicted octanol–water partition coefficient (Wildman–Crippen LogP) is 4.04. The molecule has 4 aromatic rings. The van der Waals surface area contributed by atoms with Crippen LogP contribution in [0.15, 0.2) is 64.8 Å². The number of hydrogen-bond acceptors (Lipinski definition) is 6. The molecule has 0 saturated carbocycles. The molecule has 3 aromatic heterocycles. The number of aryl methyl sites for hydroxylation is 1. The normalized spacial score (nSPS) is 11.8. The van der Waals surface area contributed by atoms with E-state index in [1.807, 2.05) is 42.6 Å². The third kappa shape index (κ3) is 4.94. The van der Waals surface area contributed by atoms with Crippen molar-refractivity contribution in [2.75, 3.05) is 5.32 Å². The molecule has 0 saturated heterocycles.